The predicted octanol–water partition coefficient (Wildman–Crippen LogP) is 3.07. The molecule has 0 unspecified atom stereocenters. The van der Waals surface area contributed by atoms with Crippen LogP contribution in [0, 0.1) is 0 Å². The van der Waals surface area contributed by atoms with Crippen molar-refractivity contribution in [3.05, 3.63) is 71.9 Å². The monoisotopic (exact) mass is 437 g/mol. The molecule has 0 bridgehead atoms. The molecule has 3 rings (SSSR count). The van der Waals surface area contributed by atoms with Gasteiger partial charge in [-0.15, -0.1) is 0 Å². The first-order valence-corrected chi connectivity index (χ1v) is 10.5. The molecule has 0 aliphatic carbocycles. The van der Waals surface area contributed by atoms with Crippen LogP contribution in [0.5, 0.6) is 0 Å². The summed E-state index contributed by atoms with van der Waals surface area (Å²) in [5.74, 6) is -0.799. The van der Waals surface area contributed by atoms with Crippen molar-refractivity contribution in [2.45, 2.75) is 32.4 Å². The fraction of sp³-hybridized carbons (Fsp3) is 0.292. The van der Waals surface area contributed by atoms with Gasteiger partial charge in [-0.1, -0.05) is 48.5 Å². The number of hydrogen-bond donors (Lipinski definition) is 3. The van der Waals surface area contributed by atoms with Gasteiger partial charge >= 0.3 is 12.1 Å². The molecule has 8 nitrogen and oxygen atoms in total. The lowest BCUT2D eigenvalue weighted by Gasteiger charge is -2.18. The smallest absolute Gasteiger partial charge is 0.408 e. The van der Waals surface area contributed by atoms with Crippen molar-refractivity contribution in [3.8, 4) is 0 Å². The third kappa shape index (κ3) is 6.60. The Kier molecular flexibility index (Phi) is 8.25. The van der Waals surface area contributed by atoms with Crippen molar-refractivity contribution in [1.82, 2.24) is 15.6 Å². The molecule has 1 aromatic heterocycles. The van der Waals surface area contributed by atoms with Gasteiger partial charge in [0.05, 0.1) is 13.0 Å². The number of para-hydroxylation sites is 1. The quantitative estimate of drug-likeness (QED) is 0.422. The van der Waals surface area contributed by atoms with Gasteiger partial charge in [0, 0.05) is 30.1 Å². The van der Waals surface area contributed by atoms with E-state index in [1.54, 1.807) is 6.92 Å². The number of alkyl carbamates (subject to hydrolysis) is 1. The molecule has 3 aromatic rings. The van der Waals surface area contributed by atoms with Crippen molar-refractivity contribution in [2.75, 3.05) is 13.2 Å². The topological polar surface area (TPSA) is 110 Å². The minimum Gasteiger partial charge on any atom is -0.466 e. The second-order valence-corrected chi connectivity index (χ2v) is 7.17. The fourth-order valence-corrected chi connectivity index (χ4v) is 3.28. The van der Waals surface area contributed by atoms with E-state index in [4.69, 9.17) is 9.47 Å². The summed E-state index contributed by atoms with van der Waals surface area (Å²) in [5.41, 5.74) is 2.67. The van der Waals surface area contributed by atoms with Crippen LogP contribution in [-0.4, -0.2) is 42.1 Å². The summed E-state index contributed by atoms with van der Waals surface area (Å²) in [6, 6.07) is 16.1. The van der Waals surface area contributed by atoms with E-state index in [0.717, 1.165) is 22.0 Å². The van der Waals surface area contributed by atoms with Crippen LogP contribution in [0.25, 0.3) is 10.9 Å². The van der Waals surface area contributed by atoms with Gasteiger partial charge < -0.3 is 25.1 Å². The van der Waals surface area contributed by atoms with Crippen molar-refractivity contribution in [1.29, 1.82) is 0 Å². The zero-order valence-electron chi connectivity index (χ0n) is 17.9. The molecule has 2 amide bonds. The van der Waals surface area contributed by atoms with Gasteiger partial charge in [0.25, 0.3) is 0 Å². The van der Waals surface area contributed by atoms with E-state index in [9.17, 15) is 14.4 Å². The third-order valence-electron chi connectivity index (χ3n) is 4.85. The Hall–Kier alpha value is -3.81. The van der Waals surface area contributed by atoms with Gasteiger partial charge in [-0.05, 0) is 24.1 Å². The maximum atomic E-state index is 12.8. The minimum atomic E-state index is -0.875. The molecule has 32 heavy (non-hydrogen) atoms. The highest BCUT2D eigenvalue weighted by Crippen LogP contribution is 2.19. The number of esters is 1. The van der Waals surface area contributed by atoms with E-state index in [1.165, 1.54) is 0 Å². The molecule has 2 aromatic carbocycles. The molecule has 3 N–H and O–H groups in total. The number of ether oxygens (including phenoxy) is 2. The summed E-state index contributed by atoms with van der Waals surface area (Å²) in [5, 5.41) is 6.31. The molecule has 0 spiro atoms. The minimum absolute atomic E-state index is 0.0534. The van der Waals surface area contributed by atoms with E-state index < -0.39 is 24.0 Å². The zero-order valence-corrected chi connectivity index (χ0v) is 17.9. The molecular weight excluding hydrogens is 410 g/mol. The summed E-state index contributed by atoms with van der Waals surface area (Å²) in [7, 11) is 0. The van der Waals surface area contributed by atoms with Gasteiger partial charge in [-0.25, -0.2) is 4.79 Å². The summed E-state index contributed by atoms with van der Waals surface area (Å²) in [4.78, 5) is 39.9. The maximum Gasteiger partial charge on any atom is 0.408 e. The second-order valence-electron chi connectivity index (χ2n) is 7.17. The highest BCUT2D eigenvalue weighted by Gasteiger charge is 2.23. The Balaban J connectivity index is 1.64. The van der Waals surface area contributed by atoms with Crippen LogP contribution in [0.1, 0.15) is 24.5 Å². The van der Waals surface area contributed by atoms with Gasteiger partial charge in [0.2, 0.25) is 5.91 Å². The summed E-state index contributed by atoms with van der Waals surface area (Å²) in [6.45, 7) is 2.21. The van der Waals surface area contributed by atoms with E-state index >= 15 is 0 Å². The number of nitrogens with one attached hydrogen (secondary N) is 3. The van der Waals surface area contributed by atoms with Crippen LogP contribution < -0.4 is 10.6 Å². The normalized spacial score (nSPS) is 11.5. The molecule has 0 saturated carbocycles. The van der Waals surface area contributed by atoms with Crippen molar-refractivity contribution in [2.24, 2.45) is 0 Å². The number of hydrogen-bond acceptors (Lipinski definition) is 5. The molecule has 0 aliphatic heterocycles. The van der Waals surface area contributed by atoms with E-state index in [0.29, 0.717) is 0 Å². The van der Waals surface area contributed by atoms with Crippen LogP contribution in [0.4, 0.5) is 4.79 Å². The number of carbonyl (C=O) groups excluding carboxylic acids is 3. The molecule has 0 aliphatic rings. The Bertz CT molecular complexity index is 1050. The zero-order chi connectivity index (χ0) is 22.8. The molecule has 8 heteroatoms. The third-order valence-corrected chi connectivity index (χ3v) is 4.85. The molecule has 0 radical (unpaired) electrons. The van der Waals surface area contributed by atoms with Crippen molar-refractivity contribution >= 4 is 28.9 Å². The largest absolute Gasteiger partial charge is 0.466 e. The molecule has 1 heterocycles. The van der Waals surface area contributed by atoms with Crippen LogP contribution >= 0.6 is 0 Å². The van der Waals surface area contributed by atoms with Crippen LogP contribution in [0.3, 0.4) is 0 Å². The first-order valence-electron chi connectivity index (χ1n) is 10.5. The van der Waals surface area contributed by atoms with Gasteiger partial charge in [-0.3, -0.25) is 9.59 Å². The Morgan fingerprint density at radius 2 is 1.75 bits per heavy atom. The molecule has 0 saturated heterocycles. The first-order chi connectivity index (χ1) is 15.6. The lowest BCUT2D eigenvalue weighted by Crippen LogP contribution is -2.48. The summed E-state index contributed by atoms with van der Waals surface area (Å²) >= 11 is 0. The van der Waals surface area contributed by atoms with Crippen LogP contribution in [-0.2, 0) is 32.1 Å². The predicted molar refractivity (Wildman–Crippen MR) is 120 cm³/mol. The maximum absolute atomic E-state index is 12.8. The number of fused-ring (bicyclic) bond motifs is 1. The average Bonchev–Trinajstić information content (AvgIpc) is 3.21. The number of carbonyl (C=O) groups is 3. The number of H-pyrrole nitrogens is 1. The SMILES string of the molecule is CCOC(=O)CCNC(=O)[C@@H](Cc1c[nH]c2ccccc12)NC(=O)OCc1ccccc1. The number of amides is 2. The first kappa shape index (κ1) is 22.9. The highest BCUT2D eigenvalue weighted by atomic mass is 16.5. The molecule has 1 atom stereocenters. The van der Waals surface area contributed by atoms with Crippen LogP contribution in [0.2, 0.25) is 0 Å². The van der Waals surface area contributed by atoms with Gasteiger partial charge in [0.15, 0.2) is 0 Å². The number of aromatic amines is 1. The number of benzene rings is 2. The Morgan fingerprint density at radius 1 is 1.00 bits per heavy atom. The Morgan fingerprint density at radius 3 is 2.53 bits per heavy atom. The Labute approximate surface area is 186 Å². The van der Waals surface area contributed by atoms with E-state index in [1.807, 2.05) is 60.8 Å². The molecular formula is C24H27N3O5. The fourth-order valence-electron chi connectivity index (χ4n) is 3.28. The van der Waals surface area contributed by atoms with E-state index in [-0.39, 0.29) is 32.6 Å². The molecule has 0 fully saturated rings. The molecule has 168 valence electrons. The lowest BCUT2D eigenvalue weighted by molar-refractivity contribution is -0.143. The van der Waals surface area contributed by atoms with E-state index in [2.05, 4.69) is 15.6 Å². The summed E-state index contributed by atoms with van der Waals surface area (Å²) in [6.07, 6.45) is 1.44. The number of aromatic nitrogens is 1. The van der Waals surface area contributed by atoms with Gasteiger partial charge in [-0.2, -0.15) is 0 Å². The average molecular weight is 437 g/mol. The number of rotatable bonds is 10. The highest BCUT2D eigenvalue weighted by molar-refractivity contribution is 5.88. The van der Waals surface area contributed by atoms with Crippen molar-refractivity contribution < 1.29 is 23.9 Å². The van der Waals surface area contributed by atoms with Gasteiger partial charge in [0.1, 0.15) is 12.6 Å². The summed E-state index contributed by atoms with van der Waals surface area (Å²) < 4.78 is 10.2. The van der Waals surface area contributed by atoms with Crippen LogP contribution in [0.15, 0.2) is 60.8 Å². The van der Waals surface area contributed by atoms with Crippen molar-refractivity contribution in [3.63, 3.8) is 0 Å². The standard InChI is InChI=1S/C24H27N3O5/c1-2-31-22(28)12-13-25-23(29)21(14-18-15-26-20-11-7-6-10-19(18)20)27-24(30)32-16-17-8-4-3-5-9-17/h3-11,15,21,26H,2,12-14,16H2,1H3,(H,25,29)(H,27,30)/t21-/m1/s1. The second kappa shape index (κ2) is 11.5. The lowest BCUT2D eigenvalue weighted by atomic mass is 10.0.